The van der Waals surface area contributed by atoms with E-state index in [1.165, 1.54) is 0 Å². The monoisotopic (exact) mass is 207 g/mol. The summed E-state index contributed by atoms with van der Waals surface area (Å²) in [7, 11) is 0. The van der Waals surface area contributed by atoms with E-state index in [4.69, 9.17) is 10.5 Å². The molecule has 3 N–H and O–H groups in total. The van der Waals surface area contributed by atoms with Gasteiger partial charge in [0.2, 0.25) is 0 Å². The highest BCUT2D eigenvalue weighted by atomic mass is 16.5. The Morgan fingerprint density at radius 2 is 2.07 bits per heavy atom. The molecule has 1 saturated heterocycles. The normalized spacial score (nSPS) is 26.5. The van der Waals surface area contributed by atoms with Crippen molar-refractivity contribution in [1.29, 1.82) is 0 Å². The van der Waals surface area contributed by atoms with Crippen LogP contribution in [0.2, 0.25) is 0 Å². The third-order valence-electron chi connectivity index (χ3n) is 2.85. The third-order valence-corrected chi connectivity index (χ3v) is 2.85. The maximum absolute atomic E-state index is 9.17. The Morgan fingerprint density at radius 1 is 1.33 bits per heavy atom. The summed E-state index contributed by atoms with van der Waals surface area (Å²) in [5.41, 5.74) is 7.17. The summed E-state index contributed by atoms with van der Waals surface area (Å²) in [4.78, 5) is 0. The molecule has 2 rings (SSSR count). The molecule has 1 aromatic carbocycles. The summed E-state index contributed by atoms with van der Waals surface area (Å²) in [6.07, 6.45) is 2.86. The van der Waals surface area contributed by atoms with E-state index in [2.05, 4.69) is 0 Å². The van der Waals surface area contributed by atoms with Crippen molar-refractivity contribution in [1.82, 2.24) is 0 Å². The SMILES string of the molecule is NC1(Cc2ccc(O)cc2)CCCOC1. The van der Waals surface area contributed by atoms with Gasteiger partial charge in [-0.1, -0.05) is 12.1 Å². The zero-order valence-electron chi connectivity index (χ0n) is 8.78. The smallest absolute Gasteiger partial charge is 0.115 e. The highest BCUT2D eigenvalue weighted by Crippen LogP contribution is 2.22. The summed E-state index contributed by atoms with van der Waals surface area (Å²) >= 11 is 0. The van der Waals surface area contributed by atoms with Crippen LogP contribution < -0.4 is 5.73 Å². The molecule has 0 aliphatic carbocycles. The minimum atomic E-state index is -0.227. The molecule has 1 aliphatic heterocycles. The molecule has 1 heterocycles. The molecule has 0 radical (unpaired) electrons. The Kier molecular flexibility index (Phi) is 2.93. The molecule has 0 amide bonds. The van der Waals surface area contributed by atoms with Crippen LogP contribution in [-0.2, 0) is 11.2 Å². The quantitative estimate of drug-likeness (QED) is 0.771. The van der Waals surface area contributed by atoms with Gasteiger partial charge >= 0.3 is 0 Å². The minimum Gasteiger partial charge on any atom is -0.508 e. The van der Waals surface area contributed by atoms with E-state index >= 15 is 0 Å². The zero-order chi connectivity index (χ0) is 10.7. The lowest BCUT2D eigenvalue weighted by Gasteiger charge is -2.33. The van der Waals surface area contributed by atoms with Gasteiger partial charge in [0.1, 0.15) is 5.75 Å². The summed E-state index contributed by atoms with van der Waals surface area (Å²) in [5.74, 6) is 0.296. The van der Waals surface area contributed by atoms with Gasteiger partial charge in [0.15, 0.2) is 0 Å². The summed E-state index contributed by atoms with van der Waals surface area (Å²) in [6.45, 7) is 1.46. The van der Waals surface area contributed by atoms with Gasteiger partial charge in [-0.15, -0.1) is 0 Å². The van der Waals surface area contributed by atoms with Gasteiger partial charge in [0.25, 0.3) is 0 Å². The van der Waals surface area contributed by atoms with Crippen LogP contribution >= 0.6 is 0 Å². The van der Waals surface area contributed by atoms with Gasteiger partial charge in [-0.3, -0.25) is 0 Å². The number of phenols is 1. The lowest BCUT2D eigenvalue weighted by Crippen LogP contribution is -2.49. The number of aromatic hydroxyl groups is 1. The van der Waals surface area contributed by atoms with Crippen LogP contribution in [0.25, 0.3) is 0 Å². The molecule has 3 heteroatoms. The van der Waals surface area contributed by atoms with E-state index in [-0.39, 0.29) is 5.54 Å². The predicted octanol–water partition coefficient (Wildman–Crippen LogP) is 1.44. The van der Waals surface area contributed by atoms with Crippen molar-refractivity contribution >= 4 is 0 Å². The fourth-order valence-electron chi connectivity index (χ4n) is 2.03. The van der Waals surface area contributed by atoms with Gasteiger partial charge in [-0.05, 0) is 37.0 Å². The first-order valence-electron chi connectivity index (χ1n) is 5.33. The van der Waals surface area contributed by atoms with Crippen molar-refractivity contribution < 1.29 is 9.84 Å². The standard InChI is InChI=1S/C12H17NO2/c13-12(6-1-7-15-9-12)8-10-2-4-11(14)5-3-10/h2-5,14H,1,6-9,13H2. The second kappa shape index (κ2) is 4.21. The van der Waals surface area contributed by atoms with Crippen LogP contribution in [0, 0.1) is 0 Å². The Balaban J connectivity index is 2.03. The topological polar surface area (TPSA) is 55.5 Å². The summed E-state index contributed by atoms with van der Waals surface area (Å²) < 4.78 is 5.41. The predicted molar refractivity (Wildman–Crippen MR) is 58.8 cm³/mol. The maximum Gasteiger partial charge on any atom is 0.115 e. The molecule has 3 nitrogen and oxygen atoms in total. The molecule has 0 bridgehead atoms. The molecule has 0 spiro atoms. The van der Waals surface area contributed by atoms with Crippen LogP contribution in [0.15, 0.2) is 24.3 Å². The number of ether oxygens (including phenoxy) is 1. The van der Waals surface area contributed by atoms with Crippen LogP contribution in [0.4, 0.5) is 0 Å². The van der Waals surface area contributed by atoms with Crippen molar-refractivity contribution in [2.75, 3.05) is 13.2 Å². The average molecular weight is 207 g/mol. The van der Waals surface area contributed by atoms with E-state index in [1.54, 1.807) is 12.1 Å². The van der Waals surface area contributed by atoms with Crippen LogP contribution in [0.1, 0.15) is 18.4 Å². The molecule has 1 aromatic rings. The average Bonchev–Trinajstić information content (AvgIpc) is 2.22. The fourth-order valence-corrected chi connectivity index (χ4v) is 2.03. The van der Waals surface area contributed by atoms with Crippen molar-refractivity contribution in [2.24, 2.45) is 5.73 Å². The second-order valence-electron chi connectivity index (χ2n) is 4.36. The van der Waals surface area contributed by atoms with Crippen molar-refractivity contribution in [3.63, 3.8) is 0 Å². The Hall–Kier alpha value is -1.06. The van der Waals surface area contributed by atoms with Gasteiger partial charge in [-0.25, -0.2) is 0 Å². The first-order chi connectivity index (χ1) is 7.18. The zero-order valence-corrected chi connectivity index (χ0v) is 8.78. The van der Waals surface area contributed by atoms with Gasteiger partial charge in [0.05, 0.1) is 6.61 Å². The second-order valence-corrected chi connectivity index (χ2v) is 4.36. The van der Waals surface area contributed by atoms with Gasteiger partial charge in [0, 0.05) is 12.1 Å². The molecular formula is C12H17NO2. The molecule has 1 aliphatic rings. The maximum atomic E-state index is 9.17. The summed E-state index contributed by atoms with van der Waals surface area (Å²) in [5, 5.41) is 9.17. The number of rotatable bonds is 2. The molecule has 0 aromatic heterocycles. The molecule has 0 saturated carbocycles. The highest BCUT2D eigenvalue weighted by molar-refractivity contribution is 5.27. The third kappa shape index (κ3) is 2.70. The van der Waals surface area contributed by atoms with Crippen molar-refractivity contribution in [2.45, 2.75) is 24.8 Å². The number of hydrogen-bond acceptors (Lipinski definition) is 3. The Morgan fingerprint density at radius 3 is 2.67 bits per heavy atom. The van der Waals surface area contributed by atoms with Crippen LogP contribution in [0.5, 0.6) is 5.75 Å². The van der Waals surface area contributed by atoms with Crippen molar-refractivity contribution in [3.8, 4) is 5.75 Å². The lowest BCUT2D eigenvalue weighted by atomic mass is 9.87. The highest BCUT2D eigenvalue weighted by Gasteiger charge is 2.28. The molecule has 1 atom stereocenters. The fraction of sp³-hybridized carbons (Fsp3) is 0.500. The van der Waals surface area contributed by atoms with Gasteiger partial charge < -0.3 is 15.6 Å². The lowest BCUT2D eigenvalue weighted by molar-refractivity contribution is 0.0382. The van der Waals surface area contributed by atoms with E-state index in [1.807, 2.05) is 12.1 Å². The number of benzene rings is 1. The van der Waals surface area contributed by atoms with Gasteiger partial charge in [-0.2, -0.15) is 0 Å². The Labute approximate surface area is 89.9 Å². The van der Waals surface area contributed by atoms with E-state index < -0.39 is 0 Å². The molecule has 82 valence electrons. The molecular weight excluding hydrogens is 190 g/mol. The summed E-state index contributed by atoms with van der Waals surface area (Å²) in [6, 6.07) is 7.22. The number of phenolic OH excluding ortho intramolecular Hbond substituents is 1. The van der Waals surface area contributed by atoms with Crippen LogP contribution in [-0.4, -0.2) is 23.9 Å². The largest absolute Gasteiger partial charge is 0.508 e. The minimum absolute atomic E-state index is 0.227. The molecule has 15 heavy (non-hydrogen) atoms. The van der Waals surface area contributed by atoms with Crippen LogP contribution in [0.3, 0.4) is 0 Å². The number of nitrogens with two attached hydrogens (primary N) is 1. The van der Waals surface area contributed by atoms with E-state index in [0.717, 1.165) is 31.4 Å². The number of hydrogen-bond donors (Lipinski definition) is 2. The first kappa shape index (κ1) is 10.5. The Bertz CT molecular complexity index is 315. The van der Waals surface area contributed by atoms with E-state index in [9.17, 15) is 5.11 Å². The van der Waals surface area contributed by atoms with Crippen molar-refractivity contribution in [3.05, 3.63) is 29.8 Å². The van der Waals surface area contributed by atoms with E-state index in [0.29, 0.717) is 12.4 Å². The molecule has 1 unspecified atom stereocenters. The molecule has 1 fully saturated rings. The first-order valence-corrected chi connectivity index (χ1v) is 5.33.